The van der Waals surface area contributed by atoms with Crippen molar-refractivity contribution in [3.8, 4) is 0 Å². The smallest absolute Gasteiger partial charge is 0.350 e. The molecule has 2 aromatic rings. The molecule has 1 N–H and O–H groups in total. The maximum Gasteiger partial charge on any atom is 0.416 e. The van der Waals surface area contributed by atoms with Crippen LogP contribution in [0.15, 0.2) is 24.3 Å². The fourth-order valence-electron chi connectivity index (χ4n) is 3.37. The number of hydrogen-bond acceptors (Lipinski definition) is 1. The first kappa shape index (κ1) is 21.1. The van der Waals surface area contributed by atoms with E-state index in [0.29, 0.717) is 23.7 Å². The number of nitrogens with one attached hydrogen (secondary N) is 1. The van der Waals surface area contributed by atoms with Crippen LogP contribution in [0.1, 0.15) is 59.2 Å². The lowest BCUT2D eigenvalue weighted by Gasteiger charge is -2.15. The van der Waals surface area contributed by atoms with Crippen LogP contribution in [0.5, 0.6) is 0 Å². The van der Waals surface area contributed by atoms with E-state index in [9.17, 15) is 18.0 Å². The number of nitrogens with zero attached hydrogens (tertiary/aromatic N) is 1. The van der Waals surface area contributed by atoms with E-state index in [1.807, 2.05) is 39.2 Å². The zero-order valence-corrected chi connectivity index (χ0v) is 16.5. The highest BCUT2D eigenvalue weighted by Gasteiger charge is 2.30. The van der Waals surface area contributed by atoms with Gasteiger partial charge in [-0.3, -0.25) is 4.79 Å². The molecule has 1 aromatic heterocycles. The third-order valence-corrected chi connectivity index (χ3v) is 4.75. The topological polar surface area (TPSA) is 34.0 Å². The van der Waals surface area contributed by atoms with Gasteiger partial charge in [-0.2, -0.15) is 13.2 Å². The summed E-state index contributed by atoms with van der Waals surface area (Å²) in [6.07, 6.45) is -3.62. The second-order valence-electron chi connectivity index (χ2n) is 7.28. The van der Waals surface area contributed by atoms with Crippen LogP contribution in [-0.4, -0.2) is 17.0 Å². The molecule has 0 fully saturated rings. The van der Waals surface area contributed by atoms with E-state index in [0.717, 1.165) is 35.4 Å². The van der Waals surface area contributed by atoms with Crippen molar-refractivity contribution in [1.29, 1.82) is 0 Å². The maximum atomic E-state index is 13.0. The van der Waals surface area contributed by atoms with Gasteiger partial charge in [0.1, 0.15) is 5.69 Å². The van der Waals surface area contributed by atoms with Crippen molar-refractivity contribution < 1.29 is 18.0 Å². The summed E-state index contributed by atoms with van der Waals surface area (Å²) in [5.41, 5.74) is 3.25. The van der Waals surface area contributed by atoms with Crippen LogP contribution in [0.25, 0.3) is 0 Å². The largest absolute Gasteiger partial charge is 0.416 e. The van der Waals surface area contributed by atoms with Gasteiger partial charge in [-0.05, 0) is 55.0 Å². The first-order valence-electron chi connectivity index (χ1n) is 9.19. The summed E-state index contributed by atoms with van der Waals surface area (Å²) in [5.74, 6) is 0.129. The average Bonchev–Trinajstić information content (AvgIpc) is 2.82. The molecule has 0 unspecified atom stereocenters. The van der Waals surface area contributed by atoms with E-state index >= 15 is 0 Å². The van der Waals surface area contributed by atoms with Gasteiger partial charge in [-0.25, -0.2) is 0 Å². The Kier molecular flexibility index (Phi) is 6.39. The highest BCUT2D eigenvalue weighted by atomic mass is 19.4. The van der Waals surface area contributed by atoms with Gasteiger partial charge in [0, 0.05) is 18.8 Å². The minimum atomic E-state index is -4.39. The molecule has 27 heavy (non-hydrogen) atoms. The predicted octanol–water partition coefficient (Wildman–Crippen LogP) is 5.12. The van der Waals surface area contributed by atoms with Gasteiger partial charge in [0.2, 0.25) is 0 Å². The summed E-state index contributed by atoms with van der Waals surface area (Å²) in [6.45, 7) is 10.6. The SMILES string of the molecule is CCc1c(C)c(C(=O)NCC(C)C)n(Cc2cccc(C(F)(F)F)c2)c1C. The second kappa shape index (κ2) is 8.19. The van der Waals surface area contributed by atoms with Gasteiger partial charge in [-0.15, -0.1) is 0 Å². The molecule has 6 heteroatoms. The van der Waals surface area contributed by atoms with E-state index in [4.69, 9.17) is 0 Å². The summed E-state index contributed by atoms with van der Waals surface area (Å²) in [6, 6.07) is 5.27. The molecule has 0 bridgehead atoms. The number of carbonyl (C=O) groups is 1. The molecule has 0 radical (unpaired) electrons. The van der Waals surface area contributed by atoms with Gasteiger partial charge in [-0.1, -0.05) is 32.9 Å². The molecular formula is C21H27F3N2O. The normalized spacial score (nSPS) is 11.9. The van der Waals surface area contributed by atoms with Crippen LogP contribution in [0, 0.1) is 19.8 Å². The summed E-state index contributed by atoms with van der Waals surface area (Å²) < 4.78 is 40.9. The highest BCUT2D eigenvalue weighted by Crippen LogP contribution is 2.30. The van der Waals surface area contributed by atoms with E-state index in [1.54, 1.807) is 6.07 Å². The molecule has 2 rings (SSSR count). The number of alkyl halides is 3. The summed E-state index contributed by atoms with van der Waals surface area (Å²) in [5, 5.41) is 2.93. The first-order valence-corrected chi connectivity index (χ1v) is 9.19. The lowest BCUT2D eigenvalue weighted by Crippen LogP contribution is -2.30. The van der Waals surface area contributed by atoms with E-state index in [2.05, 4.69) is 5.32 Å². The number of amides is 1. The Balaban J connectivity index is 2.45. The molecule has 0 saturated carbocycles. The van der Waals surface area contributed by atoms with E-state index in [-0.39, 0.29) is 12.5 Å². The average molecular weight is 380 g/mol. The quantitative estimate of drug-likeness (QED) is 0.741. The maximum absolute atomic E-state index is 13.0. The van der Waals surface area contributed by atoms with Crippen LogP contribution in [0.4, 0.5) is 13.2 Å². The third-order valence-electron chi connectivity index (χ3n) is 4.75. The van der Waals surface area contributed by atoms with Crippen LogP contribution in [0.2, 0.25) is 0 Å². The predicted molar refractivity (Wildman–Crippen MR) is 101 cm³/mol. The molecule has 0 atom stereocenters. The summed E-state index contributed by atoms with van der Waals surface area (Å²) >= 11 is 0. The summed E-state index contributed by atoms with van der Waals surface area (Å²) in [7, 11) is 0. The number of aromatic nitrogens is 1. The Morgan fingerprint density at radius 1 is 1.22 bits per heavy atom. The molecule has 1 heterocycles. The molecule has 1 aromatic carbocycles. The molecule has 1 amide bonds. The number of carbonyl (C=O) groups excluding carboxylic acids is 1. The van der Waals surface area contributed by atoms with Crippen molar-refractivity contribution in [3.63, 3.8) is 0 Å². The van der Waals surface area contributed by atoms with Gasteiger partial charge >= 0.3 is 6.18 Å². The Bertz CT molecular complexity index is 820. The van der Waals surface area contributed by atoms with Crippen LogP contribution >= 0.6 is 0 Å². The minimum Gasteiger partial charge on any atom is -0.350 e. The molecule has 0 aliphatic heterocycles. The zero-order chi connectivity index (χ0) is 20.4. The monoisotopic (exact) mass is 380 g/mol. The van der Waals surface area contributed by atoms with Gasteiger partial charge in [0.25, 0.3) is 5.91 Å². The fourth-order valence-corrected chi connectivity index (χ4v) is 3.37. The molecular weight excluding hydrogens is 353 g/mol. The highest BCUT2D eigenvalue weighted by molar-refractivity contribution is 5.95. The standard InChI is InChI=1S/C21H27F3N2O/c1-6-18-14(4)19(20(27)25-11-13(2)3)26(15(18)5)12-16-8-7-9-17(10-16)21(22,23)24/h7-10,13H,6,11-12H2,1-5H3,(H,25,27). The van der Waals surface area contributed by atoms with Crippen molar-refractivity contribution in [2.45, 2.75) is 53.8 Å². The van der Waals surface area contributed by atoms with Crippen molar-refractivity contribution in [1.82, 2.24) is 9.88 Å². The van der Waals surface area contributed by atoms with Crippen molar-refractivity contribution in [2.24, 2.45) is 5.92 Å². The molecule has 0 spiro atoms. The Hall–Kier alpha value is -2.24. The number of benzene rings is 1. The lowest BCUT2D eigenvalue weighted by atomic mass is 10.1. The third kappa shape index (κ3) is 4.73. The first-order chi connectivity index (χ1) is 12.6. The Labute approximate surface area is 158 Å². The Morgan fingerprint density at radius 3 is 2.44 bits per heavy atom. The lowest BCUT2D eigenvalue weighted by molar-refractivity contribution is -0.137. The molecule has 0 aliphatic rings. The zero-order valence-electron chi connectivity index (χ0n) is 16.5. The van der Waals surface area contributed by atoms with Crippen molar-refractivity contribution >= 4 is 5.91 Å². The van der Waals surface area contributed by atoms with Gasteiger partial charge in [0.05, 0.1) is 5.56 Å². The Morgan fingerprint density at radius 2 is 1.89 bits per heavy atom. The number of halogens is 3. The molecule has 0 aliphatic carbocycles. The minimum absolute atomic E-state index is 0.184. The van der Waals surface area contributed by atoms with Gasteiger partial charge < -0.3 is 9.88 Å². The van der Waals surface area contributed by atoms with Crippen molar-refractivity contribution in [2.75, 3.05) is 6.54 Å². The van der Waals surface area contributed by atoms with Crippen LogP contribution in [0.3, 0.4) is 0 Å². The molecule has 3 nitrogen and oxygen atoms in total. The summed E-state index contributed by atoms with van der Waals surface area (Å²) in [4.78, 5) is 12.8. The fraction of sp³-hybridized carbons (Fsp3) is 0.476. The van der Waals surface area contributed by atoms with E-state index in [1.165, 1.54) is 6.07 Å². The second-order valence-corrected chi connectivity index (χ2v) is 7.28. The molecule has 148 valence electrons. The van der Waals surface area contributed by atoms with Crippen molar-refractivity contribution in [3.05, 3.63) is 57.9 Å². The van der Waals surface area contributed by atoms with Crippen LogP contribution < -0.4 is 5.32 Å². The van der Waals surface area contributed by atoms with E-state index < -0.39 is 11.7 Å². The number of hydrogen-bond donors (Lipinski definition) is 1. The van der Waals surface area contributed by atoms with Crippen LogP contribution in [-0.2, 0) is 19.1 Å². The van der Waals surface area contributed by atoms with Gasteiger partial charge in [0.15, 0.2) is 0 Å². The number of rotatable bonds is 6. The molecule has 0 saturated heterocycles.